The molecule has 0 atom stereocenters. The first-order valence-electron chi connectivity index (χ1n) is 10.2. The van der Waals surface area contributed by atoms with Gasteiger partial charge in [-0.05, 0) is 55.3 Å². The van der Waals surface area contributed by atoms with Crippen LogP contribution in [0.2, 0.25) is 0 Å². The van der Waals surface area contributed by atoms with Gasteiger partial charge in [-0.25, -0.2) is 4.39 Å². The highest BCUT2D eigenvalue weighted by molar-refractivity contribution is 5.94. The lowest BCUT2D eigenvalue weighted by molar-refractivity contribution is 0.0827. The van der Waals surface area contributed by atoms with Gasteiger partial charge in [0.25, 0.3) is 5.91 Å². The Morgan fingerprint density at radius 1 is 1.13 bits per heavy atom. The summed E-state index contributed by atoms with van der Waals surface area (Å²) in [4.78, 5) is 18.2. The van der Waals surface area contributed by atoms with Crippen LogP contribution in [0.25, 0.3) is 0 Å². The van der Waals surface area contributed by atoms with E-state index in [-0.39, 0.29) is 11.7 Å². The first kappa shape index (κ1) is 23.2. The van der Waals surface area contributed by atoms with Crippen molar-refractivity contribution in [2.75, 3.05) is 40.3 Å². The lowest BCUT2D eigenvalue weighted by atomic mass is 10.1. The topological polar surface area (TPSA) is 66.0 Å². The highest BCUT2D eigenvalue weighted by Crippen LogP contribution is 2.11. The fourth-order valence-electron chi connectivity index (χ4n) is 2.76. The molecule has 0 aliphatic heterocycles. The monoisotopic (exact) mass is 414 g/mol. The van der Waals surface area contributed by atoms with Gasteiger partial charge in [0.15, 0.2) is 5.96 Å². The Balaban J connectivity index is 1.76. The molecule has 0 fully saturated rings. The zero-order valence-electron chi connectivity index (χ0n) is 18.0. The number of rotatable bonds is 10. The van der Waals surface area contributed by atoms with E-state index in [9.17, 15) is 9.18 Å². The molecule has 0 aliphatic rings. The molecule has 0 saturated carbocycles. The fourth-order valence-corrected chi connectivity index (χ4v) is 2.76. The second-order valence-electron chi connectivity index (χ2n) is 6.99. The van der Waals surface area contributed by atoms with Gasteiger partial charge in [-0.2, -0.15) is 0 Å². The quantitative estimate of drug-likeness (QED) is 0.356. The standard InChI is InChI=1S/C23H31FN4O2/c1-4-25-23(26-14-6-16-30-21-11-9-20(24)10-12-21)27-15-13-18-7-5-8-19(17-18)22(29)28(2)3/h5,7-12,17H,4,6,13-16H2,1-3H3,(H2,25,26,27). The molecule has 0 aliphatic carbocycles. The van der Waals surface area contributed by atoms with E-state index in [1.807, 2.05) is 31.2 Å². The number of carbonyl (C=O) groups excluding carboxylic acids is 1. The van der Waals surface area contributed by atoms with Crippen LogP contribution in [0.15, 0.2) is 53.5 Å². The normalized spacial score (nSPS) is 11.1. The van der Waals surface area contributed by atoms with Crippen molar-refractivity contribution in [1.29, 1.82) is 0 Å². The largest absolute Gasteiger partial charge is 0.494 e. The molecule has 0 aromatic heterocycles. The van der Waals surface area contributed by atoms with E-state index in [0.29, 0.717) is 31.0 Å². The second-order valence-corrected chi connectivity index (χ2v) is 6.99. The summed E-state index contributed by atoms with van der Waals surface area (Å²) < 4.78 is 18.5. The summed E-state index contributed by atoms with van der Waals surface area (Å²) in [6.45, 7) is 4.62. The second kappa shape index (κ2) is 12.5. The average molecular weight is 415 g/mol. The number of ether oxygens (including phenoxy) is 1. The third-order valence-electron chi connectivity index (χ3n) is 4.29. The van der Waals surface area contributed by atoms with Gasteiger partial charge in [-0.1, -0.05) is 12.1 Å². The van der Waals surface area contributed by atoms with Crippen LogP contribution < -0.4 is 15.4 Å². The van der Waals surface area contributed by atoms with Gasteiger partial charge in [0, 0.05) is 45.7 Å². The molecule has 0 radical (unpaired) electrons. The van der Waals surface area contributed by atoms with Crippen molar-refractivity contribution in [3.8, 4) is 5.75 Å². The number of aliphatic imine (C=N–C) groups is 1. The molecule has 7 heteroatoms. The van der Waals surface area contributed by atoms with Gasteiger partial charge in [-0.3, -0.25) is 9.79 Å². The summed E-state index contributed by atoms with van der Waals surface area (Å²) in [5, 5.41) is 6.54. The minimum atomic E-state index is -0.274. The third kappa shape index (κ3) is 8.11. The Bertz CT molecular complexity index is 822. The number of benzene rings is 2. The summed E-state index contributed by atoms with van der Waals surface area (Å²) in [6, 6.07) is 13.7. The molecular weight excluding hydrogens is 383 g/mol. The number of hydrogen-bond acceptors (Lipinski definition) is 3. The Morgan fingerprint density at radius 3 is 2.60 bits per heavy atom. The molecule has 2 aromatic carbocycles. The van der Waals surface area contributed by atoms with Gasteiger partial charge < -0.3 is 20.3 Å². The molecule has 6 nitrogen and oxygen atoms in total. The molecule has 2 N–H and O–H groups in total. The van der Waals surface area contributed by atoms with Gasteiger partial charge >= 0.3 is 0 Å². The minimum absolute atomic E-state index is 0.00238. The van der Waals surface area contributed by atoms with Crippen LogP contribution in [0.1, 0.15) is 29.3 Å². The summed E-state index contributed by atoms with van der Waals surface area (Å²) in [5.74, 6) is 1.13. The highest BCUT2D eigenvalue weighted by Gasteiger charge is 2.08. The van der Waals surface area contributed by atoms with Crippen molar-refractivity contribution in [3.63, 3.8) is 0 Å². The molecule has 162 valence electrons. The predicted octanol–water partition coefficient (Wildman–Crippen LogP) is 3.09. The van der Waals surface area contributed by atoms with Gasteiger partial charge in [0.1, 0.15) is 11.6 Å². The van der Waals surface area contributed by atoms with Crippen molar-refractivity contribution >= 4 is 11.9 Å². The summed E-state index contributed by atoms with van der Waals surface area (Å²) >= 11 is 0. The van der Waals surface area contributed by atoms with Crippen molar-refractivity contribution in [3.05, 3.63) is 65.5 Å². The van der Waals surface area contributed by atoms with Crippen LogP contribution in [-0.4, -0.2) is 57.1 Å². The molecular formula is C23H31FN4O2. The zero-order valence-corrected chi connectivity index (χ0v) is 18.0. The van der Waals surface area contributed by atoms with E-state index in [1.54, 1.807) is 31.1 Å². The van der Waals surface area contributed by atoms with Crippen LogP contribution in [-0.2, 0) is 6.42 Å². The van der Waals surface area contributed by atoms with Crippen LogP contribution in [0.5, 0.6) is 5.75 Å². The first-order chi connectivity index (χ1) is 14.5. The average Bonchev–Trinajstić information content (AvgIpc) is 2.74. The maximum Gasteiger partial charge on any atom is 0.253 e. The number of hydrogen-bond donors (Lipinski definition) is 2. The number of nitrogens with one attached hydrogen (secondary N) is 2. The molecule has 30 heavy (non-hydrogen) atoms. The van der Waals surface area contributed by atoms with Crippen molar-refractivity contribution in [2.24, 2.45) is 4.99 Å². The fraction of sp³-hybridized carbons (Fsp3) is 0.391. The van der Waals surface area contributed by atoms with Crippen molar-refractivity contribution in [2.45, 2.75) is 19.8 Å². The molecule has 2 rings (SSSR count). The van der Waals surface area contributed by atoms with Gasteiger partial charge in [0.2, 0.25) is 0 Å². The maximum atomic E-state index is 12.9. The maximum absolute atomic E-state index is 12.9. The highest BCUT2D eigenvalue weighted by atomic mass is 19.1. The Labute approximate surface area is 178 Å². The van der Waals surface area contributed by atoms with Gasteiger partial charge in [-0.15, -0.1) is 0 Å². The SMILES string of the molecule is CCNC(=NCCCOc1ccc(F)cc1)NCCc1cccc(C(=O)N(C)C)c1. The number of carbonyl (C=O) groups is 1. The molecule has 2 aromatic rings. The number of halogens is 1. The molecule has 0 saturated heterocycles. The van der Waals surface area contributed by atoms with Crippen LogP contribution >= 0.6 is 0 Å². The number of guanidine groups is 1. The minimum Gasteiger partial charge on any atom is -0.494 e. The Morgan fingerprint density at radius 2 is 1.90 bits per heavy atom. The first-order valence-corrected chi connectivity index (χ1v) is 10.2. The van der Waals surface area contributed by atoms with Gasteiger partial charge in [0.05, 0.1) is 6.61 Å². The van der Waals surface area contributed by atoms with Crippen molar-refractivity contribution < 1.29 is 13.9 Å². The van der Waals surface area contributed by atoms with E-state index < -0.39 is 0 Å². The number of nitrogens with zero attached hydrogens (tertiary/aromatic N) is 2. The number of amides is 1. The predicted molar refractivity (Wildman–Crippen MR) is 119 cm³/mol. The smallest absolute Gasteiger partial charge is 0.253 e. The van der Waals surface area contributed by atoms with Crippen LogP contribution in [0.4, 0.5) is 4.39 Å². The van der Waals surface area contributed by atoms with Crippen LogP contribution in [0.3, 0.4) is 0 Å². The third-order valence-corrected chi connectivity index (χ3v) is 4.29. The Kier molecular flexibility index (Phi) is 9.64. The summed E-state index contributed by atoms with van der Waals surface area (Å²) in [6.07, 6.45) is 1.54. The lowest BCUT2D eigenvalue weighted by Crippen LogP contribution is -2.38. The van der Waals surface area contributed by atoms with Crippen LogP contribution in [0, 0.1) is 5.82 Å². The zero-order chi connectivity index (χ0) is 21.8. The van der Waals surface area contributed by atoms with E-state index in [2.05, 4.69) is 15.6 Å². The van der Waals surface area contributed by atoms with E-state index in [0.717, 1.165) is 30.9 Å². The lowest BCUT2D eigenvalue weighted by Gasteiger charge is -2.13. The summed E-state index contributed by atoms with van der Waals surface area (Å²) in [5.41, 5.74) is 1.79. The molecule has 0 heterocycles. The molecule has 0 spiro atoms. The van der Waals surface area contributed by atoms with E-state index in [1.165, 1.54) is 12.1 Å². The molecule has 0 bridgehead atoms. The van der Waals surface area contributed by atoms with E-state index >= 15 is 0 Å². The molecule has 0 unspecified atom stereocenters. The molecule has 1 amide bonds. The van der Waals surface area contributed by atoms with E-state index in [4.69, 9.17) is 4.74 Å². The summed E-state index contributed by atoms with van der Waals surface area (Å²) in [7, 11) is 3.50. The van der Waals surface area contributed by atoms with Crippen molar-refractivity contribution in [1.82, 2.24) is 15.5 Å². The Hall–Kier alpha value is -3.09.